The number of phenolic OH excluding ortho intramolecular Hbond substituents is 1. The quantitative estimate of drug-likeness (QED) is 0.910. The average molecular weight is 283 g/mol. The number of phenols is 1. The van der Waals surface area contributed by atoms with Gasteiger partial charge < -0.3 is 15.2 Å². The van der Waals surface area contributed by atoms with Crippen LogP contribution in [0.25, 0.3) is 0 Å². The van der Waals surface area contributed by atoms with E-state index in [-0.39, 0.29) is 17.6 Å². The van der Waals surface area contributed by atoms with Gasteiger partial charge in [-0.2, -0.15) is 0 Å². The molecular formula is C17H17NO3. The van der Waals surface area contributed by atoms with Gasteiger partial charge in [0.1, 0.15) is 11.5 Å². The maximum atomic E-state index is 12.4. The van der Waals surface area contributed by atoms with Crippen LogP contribution in [0.15, 0.2) is 48.5 Å². The highest BCUT2D eigenvalue weighted by Gasteiger charge is 2.26. The van der Waals surface area contributed by atoms with Crippen LogP contribution in [0.2, 0.25) is 0 Å². The molecule has 1 amide bonds. The van der Waals surface area contributed by atoms with Gasteiger partial charge in [0.25, 0.3) is 0 Å². The van der Waals surface area contributed by atoms with Crippen molar-refractivity contribution >= 4 is 5.91 Å². The van der Waals surface area contributed by atoms with E-state index in [1.807, 2.05) is 24.3 Å². The van der Waals surface area contributed by atoms with Crippen molar-refractivity contribution in [1.29, 1.82) is 0 Å². The van der Waals surface area contributed by atoms with Gasteiger partial charge in [-0.1, -0.05) is 30.3 Å². The first-order chi connectivity index (χ1) is 10.2. The Morgan fingerprint density at radius 2 is 1.95 bits per heavy atom. The van der Waals surface area contributed by atoms with Gasteiger partial charge in [-0.15, -0.1) is 0 Å². The summed E-state index contributed by atoms with van der Waals surface area (Å²) in [4.78, 5) is 12.4. The van der Waals surface area contributed by atoms with E-state index in [0.717, 1.165) is 16.9 Å². The standard InChI is InChI=1S/C17H17NO3/c19-13-7-5-12(6-8-13)11-18-17(20)15-9-10-21-16-4-2-1-3-14(15)16/h1-8,15,19H,9-11H2,(H,18,20). The fourth-order valence-electron chi connectivity index (χ4n) is 2.54. The Morgan fingerprint density at radius 1 is 1.19 bits per heavy atom. The number of ether oxygens (including phenoxy) is 1. The predicted octanol–water partition coefficient (Wildman–Crippen LogP) is 2.57. The molecule has 0 aromatic heterocycles. The molecule has 21 heavy (non-hydrogen) atoms. The van der Waals surface area contributed by atoms with E-state index < -0.39 is 0 Å². The maximum Gasteiger partial charge on any atom is 0.228 e. The molecule has 3 rings (SSSR count). The summed E-state index contributed by atoms with van der Waals surface area (Å²) in [6, 6.07) is 14.5. The van der Waals surface area contributed by atoms with E-state index in [1.165, 1.54) is 0 Å². The summed E-state index contributed by atoms with van der Waals surface area (Å²) >= 11 is 0. The summed E-state index contributed by atoms with van der Waals surface area (Å²) < 4.78 is 5.57. The molecule has 4 heteroatoms. The molecule has 4 nitrogen and oxygen atoms in total. The molecule has 2 aromatic carbocycles. The molecule has 1 aliphatic heterocycles. The third-order valence-corrected chi connectivity index (χ3v) is 3.68. The van der Waals surface area contributed by atoms with Crippen molar-refractivity contribution in [3.63, 3.8) is 0 Å². The summed E-state index contributed by atoms with van der Waals surface area (Å²) in [7, 11) is 0. The highest BCUT2D eigenvalue weighted by Crippen LogP contribution is 2.33. The number of para-hydroxylation sites is 1. The van der Waals surface area contributed by atoms with E-state index in [1.54, 1.807) is 24.3 Å². The fourth-order valence-corrected chi connectivity index (χ4v) is 2.54. The number of carbonyl (C=O) groups excluding carboxylic acids is 1. The lowest BCUT2D eigenvalue weighted by Gasteiger charge is -2.25. The Bertz CT molecular complexity index is 637. The largest absolute Gasteiger partial charge is 0.508 e. The van der Waals surface area contributed by atoms with E-state index in [0.29, 0.717) is 19.6 Å². The second-order valence-electron chi connectivity index (χ2n) is 5.11. The minimum absolute atomic E-state index is 0.0128. The van der Waals surface area contributed by atoms with Gasteiger partial charge in [-0.25, -0.2) is 0 Å². The van der Waals surface area contributed by atoms with Crippen molar-refractivity contribution in [3.8, 4) is 11.5 Å². The molecule has 0 aliphatic carbocycles. The third-order valence-electron chi connectivity index (χ3n) is 3.68. The van der Waals surface area contributed by atoms with Crippen molar-refractivity contribution in [2.75, 3.05) is 6.61 Å². The number of hydrogen-bond donors (Lipinski definition) is 2. The van der Waals surface area contributed by atoms with Gasteiger partial charge in [0.05, 0.1) is 12.5 Å². The number of fused-ring (bicyclic) bond motifs is 1. The summed E-state index contributed by atoms with van der Waals surface area (Å²) in [5.74, 6) is 0.878. The van der Waals surface area contributed by atoms with Crippen LogP contribution in [0.4, 0.5) is 0 Å². The number of nitrogens with one attached hydrogen (secondary N) is 1. The minimum atomic E-state index is -0.160. The molecule has 0 fully saturated rings. The Kier molecular flexibility index (Phi) is 3.77. The molecule has 1 atom stereocenters. The van der Waals surface area contributed by atoms with E-state index >= 15 is 0 Å². The lowest BCUT2D eigenvalue weighted by Crippen LogP contribution is -2.32. The fraction of sp³-hybridized carbons (Fsp3) is 0.235. The Hall–Kier alpha value is -2.49. The topological polar surface area (TPSA) is 58.6 Å². The molecule has 1 heterocycles. The molecule has 0 radical (unpaired) electrons. The predicted molar refractivity (Wildman–Crippen MR) is 79.2 cm³/mol. The van der Waals surface area contributed by atoms with Gasteiger partial charge >= 0.3 is 0 Å². The van der Waals surface area contributed by atoms with Crippen LogP contribution in [-0.2, 0) is 11.3 Å². The van der Waals surface area contributed by atoms with Crippen LogP contribution >= 0.6 is 0 Å². The summed E-state index contributed by atoms with van der Waals surface area (Å²) in [6.45, 7) is 1.02. The number of rotatable bonds is 3. The van der Waals surface area contributed by atoms with Crippen molar-refractivity contribution in [1.82, 2.24) is 5.32 Å². The van der Waals surface area contributed by atoms with Crippen LogP contribution < -0.4 is 10.1 Å². The van der Waals surface area contributed by atoms with Crippen LogP contribution in [0.1, 0.15) is 23.5 Å². The van der Waals surface area contributed by atoms with Crippen LogP contribution in [0.5, 0.6) is 11.5 Å². The molecule has 0 saturated carbocycles. The van der Waals surface area contributed by atoms with Crippen molar-refractivity contribution in [3.05, 3.63) is 59.7 Å². The number of benzene rings is 2. The first-order valence-corrected chi connectivity index (χ1v) is 7.01. The highest BCUT2D eigenvalue weighted by molar-refractivity contribution is 5.84. The van der Waals surface area contributed by atoms with Crippen LogP contribution in [0.3, 0.4) is 0 Å². The van der Waals surface area contributed by atoms with E-state index in [2.05, 4.69) is 5.32 Å². The molecule has 1 unspecified atom stereocenters. The van der Waals surface area contributed by atoms with Crippen molar-refractivity contribution in [2.24, 2.45) is 0 Å². The highest BCUT2D eigenvalue weighted by atomic mass is 16.5. The Morgan fingerprint density at radius 3 is 2.76 bits per heavy atom. The lowest BCUT2D eigenvalue weighted by molar-refractivity contribution is -0.123. The molecule has 2 aromatic rings. The smallest absolute Gasteiger partial charge is 0.228 e. The molecule has 0 bridgehead atoms. The zero-order valence-electron chi connectivity index (χ0n) is 11.6. The number of hydrogen-bond acceptors (Lipinski definition) is 3. The molecule has 108 valence electrons. The molecule has 0 spiro atoms. The molecular weight excluding hydrogens is 266 g/mol. The molecule has 1 aliphatic rings. The summed E-state index contributed by atoms with van der Waals surface area (Å²) in [5.41, 5.74) is 1.91. The molecule has 0 saturated heterocycles. The SMILES string of the molecule is O=C(NCc1ccc(O)cc1)C1CCOc2ccccc21. The third kappa shape index (κ3) is 2.99. The summed E-state index contributed by atoms with van der Waals surface area (Å²) in [6.07, 6.45) is 0.693. The van der Waals surface area contributed by atoms with Crippen molar-refractivity contribution < 1.29 is 14.6 Å². The van der Waals surface area contributed by atoms with Gasteiger partial charge in [0, 0.05) is 12.1 Å². The zero-order chi connectivity index (χ0) is 14.7. The van der Waals surface area contributed by atoms with Gasteiger partial charge in [0.2, 0.25) is 5.91 Å². The lowest BCUT2D eigenvalue weighted by atomic mass is 9.92. The second-order valence-corrected chi connectivity index (χ2v) is 5.11. The first kappa shape index (κ1) is 13.5. The Labute approximate surface area is 123 Å². The second kappa shape index (κ2) is 5.87. The number of amides is 1. The Balaban J connectivity index is 1.68. The van der Waals surface area contributed by atoms with Crippen LogP contribution in [-0.4, -0.2) is 17.6 Å². The maximum absolute atomic E-state index is 12.4. The van der Waals surface area contributed by atoms with Gasteiger partial charge in [0.15, 0.2) is 0 Å². The monoisotopic (exact) mass is 283 g/mol. The normalized spacial score (nSPS) is 16.7. The van der Waals surface area contributed by atoms with Gasteiger partial charge in [-0.3, -0.25) is 4.79 Å². The van der Waals surface area contributed by atoms with Crippen molar-refractivity contribution in [2.45, 2.75) is 18.9 Å². The first-order valence-electron chi connectivity index (χ1n) is 7.01. The summed E-state index contributed by atoms with van der Waals surface area (Å²) in [5, 5.41) is 12.2. The molecule has 2 N–H and O–H groups in total. The zero-order valence-corrected chi connectivity index (χ0v) is 11.6. The number of carbonyl (C=O) groups is 1. The minimum Gasteiger partial charge on any atom is -0.508 e. The van der Waals surface area contributed by atoms with E-state index in [4.69, 9.17) is 4.74 Å². The van der Waals surface area contributed by atoms with Gasteiger partial charge in [-0.05, 0) is 30.2 Å². The van der Waals surface area contributed by atoms with E-state index in [9.17, 15) is 9.90 Å². The average Bonchev–Trinajstić information content (AvgIpc) is 2.53. The van der Waals surface area contributed by atoms with Crippen LogP contribution in [0, 0.1) is 0 Å². The number of aromatic hydroxyl groups is 1.